The summed E-state index contributed by atoms with van der Waals surface area (Å²) in [6.07, 6.45) is 0. The Morgan fingerprint density at radius 2 is 0.939 bits per heavy atom. The molecule has 230 valence electrons. The van der Waals surface area contributed by atoms with E-state index in [-0.39, 0.29) is 0 Å². The largest absolute Gasteiger partial charge is 0.456 e. The third kappa shape index (κ3) is 4.44. The maximum absolute atomic E-state index is 6.35. The fraction of sp³-hybridized carbons (Fsp3) is 0. The lowest BCUT2D eigenvalue weighted by molar-refractivity contribution is 0.669. The van der Waals surface area contributed by atoms with Crippen molar-refractivity contribution in [2.24, 2.45) is 0 Å². The van der Waals surface area contributed by atoms with E-state index in [1.807, 2.05) is 12.1 Å². The Balaban J connectivity index is 1.11. The van der Waals surface area contributed by atoms with E-state index in [4.69, 9.17) is 4.42 Å². The van der Waals surface area contributed by atoms with Crippen LogP contribution in [0.5, 0.6) is 0 Å². The Kier molecular flexibility index (Phi) is 6.18. The maximum atomic E-state index is 6.35. The van der Waals surface area contributed by atoms with E-state index < -0.39 is 0 Å². The molecule has 2 aromatic heterocycles. The summed E-state index contributed by atoms with van der Waals surface area (Å²) >= 11 is 0. The van der Waals surface area contributed by atoms with Crippen LogP contribution in [-0.2, 0) is 0 Å². The summed E-state index contributed by atoms with van der Waals surface area (Å²) in [6.45, 7) is 0. The van der Waals surface area contributed by atoms with E-state index in [0.717, 1.165) is 44.7 Å². The number of hydrogen-bond acceptors (Lipinski definition) is 2. The Hall–Kier alpha value is -6.58. The van der Waals surface area contributed by atoms with E-state index in [9.17, 15) is 0 Å². The lowest BCUT2D eigenvalue weighted by atomic mass is 9.98. The van der Waals surface area contributed by atoms with E-state index in [1.165, 1.54) is 43.7 Å². The lowest BCUT2D eigenvalue weighted by Gasteiger charge is -2.26. The zero-order valence-electron chi connectivity index (χ0n) is 26.6. The summed E-state index contributed by atoms with van der Waals surface area (Å²) in [5.41, 5.74) is 10.9. The minimum atomic E-state index is 0.873. The molecule has 0 amide bonds. The van der Waals surface area contributed by atoms with Gasteiger partial charge in [0.05, 0.1) is 11.0 Å². The molecule has 0 bridgehead atoms. The van der Waals surface area contributed by atoms with Gasteiger partial charge < -0.3 is 13.9 Å². The fourth-order valence-corrected chi connectivity index (χ4v) is 7.52. The molecule has 2 heterocycles. The predicted molar refractivity (Wildman–Crippen MR) is 206 cm³/mol. The molecule has 10 aromatic rings. The quantitative estimate of drug-likeness (QED) is 0.190. The van der Waals surface area contributed by atoms with Crippen molar-refractivity contribution in [3.05, 3.63) is 182 Å². The van der Waals surface area contributed by atoms with Crippen LogP contribution in [0.15, 0.2) is 186 Å². The molecule has 49 heavy (non-hydrogen) atoms. The molecule has 0 unspecified atom stereocenters. The molecule has 0 saturated carbocycles. The Bertz CT molecular complexity index is 2760. The molecule has 0 aliphatic carbocycles. The minimum Gasteiger partial charge on any atom is -0.456 e. The van der Waals surface area contributed by atoms with Gasteiger partial charge in [-0.3, -0.25) is 0 Å². The SMILES string of the molecule is c1ccc2c(-c3ccc(N(c4ccc(-n5c6ccccc6c6ccccc65)cc4)c4ccc5c(c4)oc4ccccc45)cc3)cccc2c1. The first kappa shape index (κ1) is 27.5. The Morgan fingerprint density at radius 1 is 0.388 bits per heavy atom. The number of aromatic nitrogens is 1. The number of nitrogens with zero attached hydrogens (tertiary/aromatic N) is 2. The molecule has 8 aromatic carbocycles. The van der Waals surface area contributed by atoms with Gasteiger partial charge >= 0.3 is 0 Å². The van der Waals surface area contributed by atoms with Gasteiger partial charge in [0, 0.05) is 50.4 Å². The highest BCUT2D eigenvalue weighted by atomic mass is 16.3. The summed E-state index contributed by atoms with van der Waals surface area (Å²) in [5, 5.41) is 7.26. The van der Waals surface area contributed by atoms with Crippen LogP contribution in [0.1, 0.15) is 0 Å². The second-order valence-electron chi connectivity index (χ2n) is 12.6. The zero-order chi connectivity index (χ0) is 32.3. The molecule has 0 fully saturated rings. The number of furan rings is 1. The van der Waals surface area contributed by atoms with Gasteiger partial charge in [-0.25, -0.2) is 0 Å². The molecule has 0 spiro atoms. The van der Waals surface area contributed by atoms with Crippen molar-refractivity contribution in [3.63, 3.8) is 0 Å². The van der Waals surface area contributed by atoms with Gasteiger partial charge in [0.2, 0.25) is 0 Å². The van der Waals surface area contributed by atoms with Gasteiger partial charge in [-0.05, 0) is 88.6 Å². The monoisotopic (exact) mass is 626 g/mol. The molecule has 0 aliphatic heterocycles. The van der Waals surface area contributed by atoms with Crippen LogP contribution in [0.3, 0.4) is 0 Å². The minimum absolute atomic E-state index is 0.873. The fourth-order valence-electron chi connectivity index (χ4n) is 7.52. The molecule has 3 heteroatoms. The maximum Gasteiger partial charge on any atom is 0.137 e. The first-order valence-corrected chi connectivity index (χ1v) is 16.7. The van der Waals surface area contributed by atoms with Crippen LogP contribution in [0.25, 0.3) is 71.3 Å². The van der Waals surface area contributed by atoms with Gasteiger partial charge in [-0.2, -0.15) is 0 Å². The van der Waals surface area contributed by atoms with Crippen LogP contribution in [0, 0.1) is 0 Å². The number of rotatable bonds is 5. The molecule has 10 rings (SSSR count). The molecule has 0 aliphatic rings. The van der Waals surface area contributed by atoms with Crippen molar-refractivity contribution >= 4 is 71.6 Å². The number of hydrogen-bond donors (Lipinski definition) is 0. The third-order valence-electron chi connectivity index (χ3n) is 9.79. The van der Waals surface area contributed by atoms with E-state index in [0.29, 0.717) is 0 Å². The molecular formula is C46H30N2O. The lowest BCUT2D eigenvalue weighted by Crippen LogP contribution is -2.10. The predicted octanol–water partition coefficient (Wildman–Crippen LogP) is 13.0. The number of benzene rings is 8. The van der Waals surface area contributed by atoms with Crippen LogP contribution < -0.4 is 4.90 Å². The topological polar surface area (TPSA) is 21.3 Å². The van der Waals surface area contributed by atoms with E-state index in [2.05, 4.69) is 179 Å². The summed E-state index contributed by atoms with van der Waals surface area (Å²) < 4.78 is 8.71. The smallest absolute Gasteiger partial charge is 0.137 e. The second-order valence-corrected chi connectivity index (χ2v) is 12.6. The number of fused-ring (bicyclic) bond motifs is 7. The second kappa shape index (κ2) is 11.0. The standard InChI is InChI=1S/C46H30N2O/c1-2-12-37-31(10-1)11-9-16-38(37)32-20-22-33(23-21-32)47(36-28-29-42-41-15-5-8-19-45(41)49-46(42)30-36)34-24-26-35(27-25-34)48-43-17-6-3-13-39(43)40-14-4-7-18-44(40)48/h1-30H. The summed E-state index contributed by atoms with van der Waals surface area (Å²) in [5.74, 6) is 0. The Morgan fingerprint density at radius 3 is 1.67 bits per heavy atom. The van der Waals surface area contributed by atoms with Crippen molar-refractivity contribution in [1.29, 1.82) is 0 Å². The molecule has 0 saturated heterocycles. The van der Waals surface area contributed by atoms with Crippen LogP contribution in [0.2, 0.25) is 0 Å². The van der Waals surface area contributed by atoms with Crippen molar-refractivity contribution in [2.45, 2.75) is 0 Å². The average molecular weight is 627 g/mol. The van der Waals surface area contributed by atoms with Crippen LogP contribution in [-0.4, -0.2) is 4.57 Å². The van der Waals surface area contributed by atoms with Gasteiger partial charge in [0.15, 0.2) is 0 Å². The third-order valence-corrected chi connectivity index (χ3v) is 9.79. The zero-order valence-corrected chi connectivity index (χ0v) is 26.6. The van der Waals surface area contributed by atoms with Crippen molar-refractivity contribution in [2.75, 3.05) is 4.90 Å². The van der Waals surface area contributed by atoms with Crippen LogP contribution >= 0.6 is 0 Å². The molecular weight excluding hydrogens is 597 g/mol. The summed E-state index contributed by atoms with van der Waals surface area (Å²) in [4.78, 5) is 2.31. The van der Waals surface area contributed by atoms with Crippen molar-refractivity contribution in [1.82, 2.24) is 4.57 Å². The van der Waals surface area contributed by atoms with Gasteiger partial charge in [-0.15, -0.1) is 0 Å². The average Bonchev–Trinajstić information content (AvgIpc) is 3.71. The van der Waals surface area contributed by atoms with Crippen molar-refractivity contribution < 1.29 is 4.42 Å². The number of para-hydroxylation sites is 3. The molecule has 0 atom stereocenters. The highest BCUT2D eigenvalue weighted by Gasteiger charge is 2.17. The first-order valence-electron chi connectivity index (χ1n) is 16.7. The van der Waals surface area contributed by atoms with Crippen LogP contribution in [0.4, 0.5) is 17.1 Å². The molecule has 0 N–H and O–H groups in total. The van der Waals surface area contributed by atoms with Gasteiger partial charge in [0.1, 0.15) is 11.2 Å². The van der Waals surface area contributed by atoms with Crippen molar-refractivity contribution in [3.8, 4) is 16.8 Å². The first-order chi connectivity index (χ1) is 24.3. The van der Waals surface area contributed by atoms with Gasteiger partial charge in [-0.1, -0.05) is 109 Å². The summed E-state index contributed by atoms with van der Waals surface area (Å²) in [6, 6.07) is 65.0. The Labute approximate surface area is 283 Å². The van der Waals surface area contributed by atoms with E-state index in [1.54, 1.807) is 0 Å². The number of anilines is 3. The summed E-state index contributed by atoms with van der Waals surface area (Å²) in [7, 11) is 0. The van der Waals surface area contributed by atoms with E-state index >= 15 is 0 Å². The molecule has 0 radical (unpaired) electrons. The normalized spacial score (nSPS) is 11.7. The highest BCUT2D eigenvalue weighted by Crippen LogP contribution is 2.40. The highest BCUT2D eigenvalue weighted by molar-refractivity contribution is 6.09. The van der Waals surface area contributed by atoms with Gasteiger partial charge in [0.25, 0.3) is 0 Å². The molecule has 3 nitrogen and oxygen atoms in total.